The molecule has 0 saturated carbocycles. The summed E-state index contributed by atoms with van der Waals surface area (Å²) in [5, 5.41) is 21.1. The standard InChI is InChI=1S/C41H56N2O9/c1-4-6-11-19-41(20-12-7-5-2)51-36-29-33(39(47)43(3)34(38(46)42-21-22-44)27-30-14-9-8-10-15-30)28-35(37(36)52-41)50-40(48)32-17-13-16-31(26-32)18-24-49-25-23-45/h8-10,13-18,24,26,29,34-37,44-45H,4-7,11-12,19-23,25,27-28H2,1-3H3,(H,42,46)/t34-,35-,36-,37+/m1/s1. The Morgan fingerprint density at radius 3 is 2.38 bits per heavy atom. The lowest BCUT2D eigenvalue weighted by molar-refractivity contribution is -0.190. The molecule has 0 aromatic heterocycles. The number of benzene rings is 2. The van der Waals surface area contributed by atoms with Crippen LogP contribution < -0.4 is 5.32 Å². The van der Waals surface area contributed by atoms with Crippen molar-refractivity contribution < 1.29 is 43.5 Å². The maximum atomic E-state index is 14.3. The van der Waals surface area contributed by atoms with Crippen molar-refractivity contribution in [2.45, 2.75) is 108 Å². The van der Waals surface area contributed by atoms with Gasteiger partial charge in [-0.3, -0.25) is 9.59 Å². The van der Waals surface area contributed by atoms with Gasteiger partial charge in [-0.15, -0.1) is 0 Å². The molecule has 0 unspecified atom stereocenters. The number of esters is 1. The molecule has 4 rings (SSSR count). The van der Waals surface area contributed by atoms with E-state index in [1.165, 1.54) is 11.2 Å². The third-order valence-corrected chi connectivity index (χ3v) is 9.50. The smallest absolute Gasteiger partial charge is 0.338 e. The molecule has 52 heavy (non-hydrogen) atoms. The molecular formula is C41H56N2O9. The van der Waals surface area contributed by atoms with Gasteiger partial charge in [0.15, 0.2) is 5.79 Å². The van der Waals surface area contributed by atoms with Gasteiger partial charge < -0.3 is 39.4 Å². The van der Waals surface area contributed by atoms with E-state index in [2.05, 4.69) is 19.2 Å². The number of fused-ring (bicyclic) bond motifs is 1. The fraction of sp³-hybridized carbons (Fsp3) is 0.537. The summed E-state index contributed by atoms with van der Waals surface area (Å²) in [4.78, 5) is 42.9. The van der Waals surface area contributed by atoms with E-state index < -0.39 is 36.1 Å². The average molecular weight is 721 g/mol. The normalized spacial score (nSPS) is 19.8. The van der Waals surface area contributed by atoms with Crippen molar-refractivity contribution in [1.82, 2.24) is 10.2 Å². The number of carbonyl (C=O) groups is 3. The van der Waals surface area contributed by atoms with E-state index in [-0.39, 0.29) is 51.0 Å². The molecule has 2 aromatic rings. The second-order valence-corrected chi connectivity index (χ2v) is 13.5. The molecule has 2 amide bonds. The van der Waals surface area contributed by atoms with E-state index in [9.17, 15) is 19.5 Å². The molecule has 11 nitrogen and oxygen atoms in total. The van der Waals surface area contributed by atoms with Crippen LogP contribution in [0.2, 0.25) is 0 Å². The van der Waals surface area contributed by atoms with Crippen LogP contribution in [0.25, 0.3) is 6.08 Å². The van der Waals surface area contributed by atoms with Gasteiger partial charge in [-0.2, -0.15) is 0 Å². The molecule has 1 heterocycles. The van der Waals surface area contributed by atoms with Crippen molar-refractivity contribution in [3.63, 3.8) is 0 Å². The second kappa shape index (κ2) is 20.9. The Morgan fingerprint density at radius 1 is 0.981 bits per heavy atom. The maximum absolute atomic E-state index is 14.3. The molecule has 1 aliphatic carbocycles. The summed E-state index contributed by atoms with van der Waals surface area (Å²) in [6.45, 7) is 4.18. The monoisotopic (exact) mass is 720 g/mol. The fourth-order valence-electron chi connectivity index (χ4n) is 6.72. The molecule has 0 spiro atoms. The predicted octanol–water partition coefficient (Wildman–Crippen LogP) is 5.34. The fourth-order valence-corrected chi connectivity index (χ4v) is 6.72. The third-order valence-electron chi connectivity index (χ3n) is 9.50. The Morgan fingerprint density at radius 2 is 1.71 bits per heavy atom. The van der Waals surface area contributed by atoms with Gasteiger partial charge in [0.25, 0.3) is 0 Å². The quantitative estimate of drug-likeness (QED) is 0.0885. The van der Waals surface area contributed by atoms with Gasteiger partial charge in [-0.05, 0) is 48.3 Å². The number of unbranched alkanes of at least 4 members (excludes halogenated alkanes) is 4. The SMILES string of the molecule is CCCCCC1(CCCCC)O[C@@H]2[C@@H](C=C(C(=O)N(C)[C@H](Cc3ccccc3)C(=O)NCCO)C[C@H]2OC(=O)c2cccc(C=COCCO)c2)O1. The van der Waals surface area contributed by atoms with Gasteiger partial charge in [0.2, 0.25) is 11.8 Å². The Hall–Kier alpha value is -4.03. The molecule has 11 heteroatoms. The maximum Gasteiger partial charge on any atom is 0.338 e. The van der Waals surface area contributed by atoms with E-state index >= 15 is 0 Å². The van der Waals surface area contributed by atoms with Crippen molar-refractivity contribution in [1.29, 1.82) is 0 Å². The molecule has 4 atom stereocenters. The number of hydrogen-bond donors (Lipinski definition) is 3. The van der Waals surface area contributed by atoms with Crippen molar-refractivity contribution in [3.05, 3.63) is 89.2 Å². The first-order valence-electron chi connectivity index (χ1n) is 18.7. The zero-order valence-corrected chi connectivity index (χ0v) is 30.8. The summed E-state index contributed by atoms with van der Waals surface area (Å²) in [7, 11) is 1.59. The minimum absolute atomic E-state index is 0.0621. The molecule has 0 bridgehead atoms. The lowest BCUT2D eigenvalue weighted by Gasteiger charge is -2.33. The summed E-state index contributed by atoms with van der Waals surface area (Å²) in [5.41, 5.74) is 2.28. The molecule has 1 saturated heterocycles. The van der Waals surface area contributed by atoms with Gasteiger partial charge in [0, 0.05) is 44.8 Å². The third kappa shape index (κ3) is 11.5. The van der Waals surface area contributed by atoms with Crippen LogP contribution in [0.4, 0.5) is 0 Å². The summed E-state index contributed by atoms with van der Waals surface area (Å²) >= 11 is 0. The minimum atomic E-state index is -0.871. The van der Waals surface area contributed by atoms with E-state index in [4.69, 9.17) is 24.1 Å². The Balaban J connectivity index is 1.64. The molecule has 0 radical (unpaired) electrons. The van der Waals surface area contributed by atoms with E-state index in [1.54, 1.807) is 37.4 Å². The molecule has 2 aromatic carbocycles. The first-order chi connectivity index (χ1) is 25.2. The first kappa shape index (κ1) is 40.7. The van der Waals surface area contributed by atoms with Crippen LogP contribution >= 0.6 is 0 Å². The van der Waals surface area contributed by atoms with E-state index in [0.29, 0.717) is 29.5 Å². The van der Waals surface area contributed by atoms with E-state index in [0.717, 1.165) is 44.1 Å². The molecule has 3 N–H and O–H groups in total. The van der Waals surface area contributed by atoms with Gasteiger partial charge in [-0.25, -0.2) is 4.79 Å². The molecule has 2 aliphatic rings. The highest BCUT2D eigenvalue weighted by atomic mass is 16.8. The summed E-state index contributed by atoms with van der Waals surface area (Å²) in [6, 6.07) is 15.5. The lowest BCUT2D eigenvalue weighted by Crippen LogP contribution is -2.51. The van der Waals surface area contributed by atoms with Gasteiger partial charge in [0.1, 0.15) is 31.0 Å². The van der Waals surface area contributed by atoms with E-state index in [1.807, 2.05) is 36.4 Å². The lowest BCUT2D eigenvalue weighted by atomic mass is 9.90. The summed E-state index contributed by atoms with van der Waals surface area (Å²) in [5.74, 6) is -2.20. The second-order valence-electron chi connectivity index (χ2n) is 13.5. The highest BCUT2D eigenvalue weighted by molar-refractivity contribution is 5.97. The average Bonchev–Trinajstić information content (AvgIpc) is 3.53. The number of aliphatic hydroxyl groups excluding tert-OH is 2. The highest BCUT2D eigenvalue weighted by Gasteiger charge is 2.52. The van der Waals surface area contributed by atoms with Crippen molar-refractivity contribution in [3.8, 4) is 0 Å². The summed E-state index contributed by atoms with van der Waals surface area (Å²) < 4.78 is 25.0. The van der Waals surface area contributed by atoms with Crippen molar-refractivity contribution in [2.24, 2.45) is 0 Å². The number of likely N-dealkylation sites (N-methyl/N-ethyl adjacent to an activating group) is 1. The van der Waals surface area contributed by atoms with Crippen LogP contribution in [0.3, 0.4) is 0 Å². The number of rotatable bonds is 21. The number of nitrogens with zero attached hydrogens (tertiary/aromatic N) is 1. The van der Waals surface area contributed by atoms with Gasteiger partial charge in [-0.1, -0.05) is 82.0 Å². The number of amides is 2. The molecule has 1 aliphatic heterocycles. The van der Waals surface area contributed by atoms with Crippen LogP contribution in [0.1, 0.15) is 93.1 Å². The number of aliphatic hydroxyl groups is 2. The molecule has 284 valence electrons. The molecule has 1 fully saturated rings. The number of nitrogens with one attached hydrogen (secondary N) is 1. The van der Waals surface area contributed by atoms with Crippen molar-refractivity contribution >= 4 is 23.9 Å². The first-order valence-corrected chi connectivity index (χ1v) is 18.7. The molecular weight excluding hydrogens is 664 g/mol. The number of carbonyl (C=O) groups excluding carboxylic acids is 3. The topological polar surface area (TPSA) is 144 Å². The summed E-state index contributed by atoms with van der Waals surface area (Å²) in [6.07, 6.45) is 10.5. The Labute approximate surface area is 308 Å². The minimum Gasteiger partial charge on any atom is -0.499 e. The van der Waals surface area contributed by atoms with Crippen LogP contribution in [0, 0.1) is 0 Å². The number of ether oxygens (including phenoxy) is 4. The predicted molar refractivity (Wildman–Crippen MR) is 198 cm³/mol. The zero-order valence-electron chi connectivity index (χ0n) is 30.8. The Kier molecular flexibility index (Phi) is 16.3. The zero-order chi connectivity index (χ0) is 37.3. The Bertz CT molecular complexity index is 1480. The largest absolute Gasteiger partial charge is 0.499 e. The van der Waals surface area contributed by atoms with Gasteiger partial charge in [0.05, 0.1) is 25.0 Å². The van der Waals surface area contributed by atoms with Crippen molar-refractivity contribution in [2.75, 3.05) is 33.4 Å². The van der Waals surface area contributed by atoms with Gasteiger partial charge >= 0.3 is 5.97 Å². The van der Waals surface area contributed by atoms with Crippen LogP contribution in [0.5, 0.6) is 0 Å². The van der Waals surface area contributed by atoms with Crippen LogP contribution in [0.15, 0.2) is 72.5 Å². The highest BCUT2D eigenvalue weighted by Crippen LogP contribution is 2.43. The number of hydrogen-bond acceptors (Lipinski definition) is 9. The van der Waals surface area contributed by atoms with Crippen LogP contribution in [-0.2, 0) is 35.0 Å². The van der Waals surface area contributed by atoms with Crippen LogP contribution in [-0.4, -0.2) is 96.5 Å².